The highest BCUT2D eigenvalue weighted by atomic mass is 15.2. The molecule has 0 radical (unpaired) electrons. The van der Waals surface area contributed by atoms with Crippen LogP contribution in [0, 0.1) is 0 Å². The summed E-state index contributed by atoms with van der Waals surface area (Å²) in [7, 11) is 0. The smallest absolute Gasteiger partial charge is 0.164 e. The number of anilines is 2. The second-order valence-electron chi connectivity index (χ2n) is 13.2. The zero-order chi connectivity index (χ0) is 33.7. The van der Waals surface area contributed by atoms with Gasteiger partial charge in [-0.25, -0.2) is 15.0 Å². The lowest BCUT2D eigenvalue weighted by molar-refractivity contribution is 0.746. The van der Waals surface area contributed by atoms with Crippen molar-refractivity contribution in [1.82, 2.24) is 15.0 Å². The van der Waals surface area contributed by atoms with E-state index in [9.17, 15) is 0 Å². The maximum atomic E-state index is 5.18. The first-order valence-corrected chi connectivity index (χ1v) is 17.5. The number of aromatic nitrogens is 3. The van der Waals surface area contributed by atoms with E-state index >= 15 is 0 Å². The minimum absolute atomic E-state index is 0.158. The molecule has 1 aliphatic carbocycles. The molecule has 4 nitrogen and oxygen atoms in total. The van der Waals surface area contributed by atoms with Crippen LogP contribution in [0.15, 0.2) is 182 Å². The number of hydrogen-bond acceptors (Lipinski definition) is 4. The molecular formula is C47H32N4. The van der Waals surface area contributed by atoms with Crippen LogP contribution in [-0.2, 0) is 0 Å². The van der Waals surface area contributed by atoms with Crippen molar-refractivity contribution in [2.45, 2.75) is 12.0 Å². The first-order valence-electron chi connectivity index (χ1n) is 17.5. The van der Waals surface area contributed by atoms with Crippen molar-refractivity contribution in [3.8, 4) is 45.3 Å². The number of fused-ring (bicyclic) bond motifs is 5. The molecule has 2 unspecified atom stereocenters. The van der Waals surface area contributed by atoms with E-state index in [-0.39, 0.29) is 12.0 Å². The van der Waals surface area contributed by atoms with Crippen LogP contribution in [0.5, 0.6) is 0 Å². The molecule has 0 N–H and O–H groups in total. The van der Waals surface area contributed by atoms with Gasteiger partial charge in [-0.1, -0.05) is 164 Å². The molecular weight excluding hydrogens is 621 g/mol. The number of allylic oxidation sites excluding steroid dienone is 2. The molecule has 10 rings (SSSR count). The summed E-state index contributed by atoms with van der Waals surface area (Å²) in [5.74, 6) is 2.22. The highest BCUT2D eigenvalue weighted by molar-refractivity contribution is 6.06. The lowest BCUT2D eigenvalue weighted by atomic mass is 9.90. The van der Waals surface area contributed by atoms with E-state index in [1.54, 1.807) is 0 Å². The molecule has 7 aromatic carbocycles. The van der Waals surface area contributed by atoms with E-state index < -0.39 is 0 Å². The highest BCUT2D eigenvalue weighted by Crippen LogP contribution is 2.53. The van der Waals surface area contributed by atoms with Gasteiger partial charge in [-0.05, 0) is 45.5 Å². The van der Waals surface area contributed by atoms with Crippen molar-refractivity contribution in [2.24, 2.45) is 0 Å². The molecule has 1 aromatic heterocycles. The topological polar surface area (TPSA) is 41.9 Å². The van der Waals surface area contributed by atoms with Gasteiger partial charge >= 0.3 is 0 Å². The molecule has 0 amide bonds. The predicted octanol–water partition coefficient (Wildman–Crippen LogP) is 11.6. The standard InChI is InChI=1S/C47H32N4/c1-3-15-32(16-4-1)36-23-13-24-40-39-22-11-12-25-42(39)51(44(36)40)43-29-28-41(37-20-9-10-21-38(37)43)47-49-45(33-17-5-2-6-18-33)48-46(50-47)35-27-26-31-14-7-8-19-34(31)30-35/h1-30,39,42H. The third-order valence-electron chi connectivity index (χ3n) is 10.2. The Morgan fingerprint density at radius 2 is 1.10 bits per heavy atom. The summed E-state index contributed by atoms with van der Waals surface area (Å²) in [5.41, 5.74) is 9.11. The third-order valence-corrected chi connectivity index (χ3v) is 10.2. The Bertz CT molecular complexity index is 2660. The van der Waals surface area contributed by atoms with Crippen LogP contribution in [0.4, 0.5) is 11.4 Å². The Morgan fingerprint density at radius 1 is 0.431 bits per heavy atom. The minimum atomic E-state index is 0.158. The van der Waals surface area contributed by atoms with Gasteiger partial charge in [0, 0.05) is 39.2 Å². The molecule has 1 aliphatic heterocycles. The molecule has 0 saturated heterocycles. The van der Waals surface area contributed by atoms with Gasteiger partial charge in [0.1, 0.15) is 0 Å². The van der Waals surface area contributed by atoms with Crippen LogP contribution >= 0.6 is 0 Å². The summed E-state index contributed by atoms with van der Waals surface area (Å²) < 4.78 is 0. The lowest BCUT2D eigenvalue weighted by Crippen LogP contribution is -2.29. The SMILES string of the molecule is C1=CC2c3cccc(-c4ccccc4)c3N(c3ccc(-c4nc(-c5ccccc5)nc(-c5ccc6ccccc6c5)n4)c4ccccc34)C2C=C1. The van der Waals surface area contributed by atoms with Gasteiger partial charge < -0.3 is 4.90 Å². The van der Waals surface area contributed by atoms with Crippen LogP contribution in [0.1, 0.15) is 11.5 Å². The molecule has 51 heavy (non-hydrogen) atoms. The summed E-state index contributed by atoms with van der Waals surface area (Å²) >= 11 is 0. The predicted molar refractivity (Wildman–Crippen MR) is 210 cm³/mol. The van der Waals surface area contributed by atoms with Crippen molar-refractivity contribution < 1.29 is 0 Å². The Kier molecular flexibility index (Phi) is 6.91. The van der Waals surface area contributed by atoms with Crippen molar-refractivity contribution >= 4 is 32.9 Å². The summed E-state index contributed by atoms with van der Waals surface area (Å²) in [5, 5.41) is 4.59. The van der Waals surface area contributed by atoms with Crippen molar-refractivity contribution in [1.29, 1.82) is 0 Å². The fourth-order valence-corrected chi connectivity index (χ4v) is 7.87. The second-order valence-corrected chi connectivity index (χ2v) is 13.2. The minimum Gasteiger partial charge on any atom is -0.332 e. The molecule has 240 valence electrons. The summed E-state index contributed by atoms with van der Waals surface area (Å²) in [6, 6.07) is 55.8. The third kappa shape index (κ3) is 4.95. The number of nitrogens with zero attached hydrogens (tertiary/aromatic N) is 4. The quantitative estimate of drug-likeness (QED) is 0.186. The lowest BCUT2D eigenvalue weighted by Gasteiger charge is -2.31. The van der Waals surface area contributed by atoms with E-state index in [2.05, 4.69) is 169 Å². The number of para-hydroxylation sites is 1. The fourth-order valence-electron chi connectivity index (χ4n) is 7.87. The first-order chi connectivity index (χ1) is 25.3. The molecule has 0 fully saturated rings. The normalized spacial score (nSPS) is 16.0. The first kappa shape index (κ1) is 29.3. The molecule has 2 aliphatic rings. The summed E-state index contributed by atoms with van der Waals surface area (Å²) in [6.45, 7) is 0. The van der Waals surface area contributed by atoms with Crippen molar-refractivity contribution in [3.05, 3.63) is 188 Å². The van der Waals surface area contributed by atoms with E-state index in [4.69, 9.17) is 15.0 Å². The number of rotatable bonds is 5. The van der Waals surface area contributed by atoms with Gasteiger partial charge in [0.25, 0.3) is 0 Å². The molecule has 2 atom stereocenters. The summed E-state index contributed by atoms with van der Waals surface area (Å²) in [6.07, 6.45) is 9.06. The van der Waals surface area contributed by atoms with Crippen LogP contribution < -0.4 is 4.90 Å². The van der Waals surface area contributed by atoms with Gasteiger partial charge in [-0.3, -0.25) is 0 Å². The molecule has 0 spiro atoms. The molecule has 8 aromatic rings. The van der Waals surface area contributed by atoms with E-state index in [1.165, 1.54) is 33.5 Å². The van der Waals surface area contributed by atoms with Gasteiger partial charge in [0.2, 0.25) is 0 Å². The Morgan fingerprint density at radius 3 is 1.92 bits per heavy atom. The maximum absolute atomic E-state index is 5.18. The Hall–Kier alpha value is -6.65. The Labute approximate surface area is 296 Å². The average molecular weight is 653 g/mol. The van der Waals surface area contributed by atoms with Gasteiger partial charge in [0.05, 0.1) is 11.7 Å². The van der Waals surface area contributed by atoms with Crippen LogP contribution in [0.2, 0.25) is 0 Å². The summed E-state index contributed by atoms with van der Waals surface area (Å²) in [4.78, 5) is 17.9. The van der Waals surface area contributed by atoms with Crippen LogP contribution in [0.3, 0.4) is 0 Å². The molecule has 0 bridgehead atoms. The van der Waals surface area contributed by atoms with Gasteiger partial charge in [0.15, 0.2) is 17.5 Å². The van der Waals surface area contributed by atoms with Gasteiger partial charge in [-0.15, -0.1) is 0 Å². The monoisotopic (exact) mass is 652 g/mol. The zero-order valence-corrected chi connectivity index (χ0v) is 27.8. The fraction of sp³-hybridized carbons (Fsp3) is 0.0426. The second kappa shape index (κ2) is 12.0. The van der Waals surface area contributed by atoms with E-state index in [1.807, 2.05) is 18.2 Å². The van der Waals surface area contributed by atoms with Crippen LogP contribution in [-0.4, -0.2) is 21.0 Å². The molecule has 4 heteroatoms. The van der Waals surface area contributed by atoms with Crippen molar-refractivity contribution in [2.75, 3.05) is 4.90 Å². The maximum Gasteiger partial charge on any atom is 0.164 e. The zero-order valence-electron chi connectivity index (χ0n) is 27.8. The van der Waals surface area contributed by atoms with Crippen molar-refractivity contribution in [3.63, 3.8) is 0 Å². The highest BCUT2D eigenvalue weighted by Gasteiger charge is 2.39. The average Bonchev–Trinajstić information content (AvgIpc) is 3.55. The largest absolute Gasteiger partial charge is 0.332 e. The molecule has 2 heterocycles. The Balaban J connectivity index is 1.18. The van der Waals surface area contributed by atoms with Crippen LogP contribution in [0.25, 0.3) is 66.8 Å². The van der Waals surface area contributed by atoms with Gasteiger partial charge in [-0.2, -0.15) is 0 Å². The number of hydrogen-bond donors (Lipinski definition) is 0. The molecule has 0 saturated carbocycles. The number of benzene rings is 7. The van der Waals surface area contributed by atoms with E-state index in [0.29, 0.717) is 17.5 Å². The van der Waals surface area contributed by atoms with E-state index in [0.717, 1.165) is 32.8 Å².